The van der Waals surface area contributed by atoms with Gasteiger partial charge < -0.3 is 10.6 Å². The summed E-state index contributed by atoms with van der Waals surface area (Å²) >= 11 is 1.70. The van der Waals surface area contributed by atoms with Crippen LogP contribution in [0, 0.1) is 0 Å². The van der Waals surface area contributed by atoms with Gasteiger partial charge >= 0.3 is 0 Å². The number of hydrogen-bond acceptors (Lipinski definition) is 4. The fraction of sp³-hybridized carbons (Fsp3) is 0.667. The zero-order chi connectivity index (χ0) is 12.1. The number of hydrogen-bond donors (Lipinski definition) is 2. The molecule has 0 radical (unpaired) electrons. The first-order valence-electron chi connectivity index (χ1n) is 6.24. The minimum absolute atomic E-state index is 0.0247. The average Bonchev–Trinajstić information content (AvgIpc) is 3.00. The molecule has 0 saturated carbocycles. The van der Waals surface area contributed by atoms with Crippen LogP contribution in [0.3, 0.4) is 0 Å². The van der Waals surface area contributed by atoms with Crippen LogP contribution in [0.25, 0.3) is 0 Å². The predicted octanol–water partition coefficient (Wildman–Crippen LogP) is 1.12. The molecular formula is C12H19N3OS. The largest absolute Gasteiger partial charge is 0.354 e. The molecule has 0 spiro atoms. The summed E-state index contributed by atoms with van der Waals surface area (Å²) in [5, 5.41) is 9.41. The Morgan fingerprint density at radius 1 is 1.71 bits per heavy atom. The molecule has 1 aliphatic heterocycles. The van der Waals surface area contributed by atoms with E-state index in [0.29, 0.717) is 6.54 Å². The van der Waals surface area contributed by atoms with Crippen molar-refractivity contribution in [3.8, 4) is 0 Å². The lowest BCUT2D eigenvalue weighted by atomic mass is 10.2. The third-order valence-electron chi connectivity index (χ3n) is 2.96. The lowest BCUT2D eigenvalue weighted by molar-refractivity contribution is -0.122. The molecule has 1 aromatic heterocycles. The van der Waals surface area contributed by atoms with Gasteiger partial charge in [-0.1, -0.05) is 6.92 Å². The van der Waals surface area contributed by atoms with Crippen molar-refractivity contribution in [2.75, 3.05) is 13.1 Å². The fourth-order valence-corrected chi connectivity index (χ4v) is 2.75. The quantitative estimate of drug-likeness (QED) is 0.826. The van der Waals surface area contributed by atoms with Crippen LogP contribution in [-0.4, -0.2) is 30.0 Å². The van der Waals surface area contributed by atoms with E-state index < -0.39 is 0 Å². The number of nitrogens with zero attached hydrogens (tertiary/aromatic N) is 1. The van der Waals surface area contributed by atoms with Crippen LogP contribution >= 0.6 is 11.3 Å². The van der Waals surface area contributed by atoms with Gasteiger partial charge in [0.25, 0.3) is 0 Å². The van der Waals surface area contributed by atoms with E-state index in [2.05, 4.69) is 27.9 Å². The summed E-state index contributed by atoms with van der Waals surface area (Å²) in [4.78, 5) is 16.2. The maximum Gasteiger partial charge on any atom is 0.237 e. The molecule has 94 valence electrons. The molecule has 1 amide bonds. The first-order chi connectivity index (χ1) is 8.29. The van der Waals surface area contributed by atoms with Crippen LogP contribution in [0.15, 0.2) is 5.38 Å². The van der Waals surface area contributed by atoms with Crippen molar-refractivity contribution in [1.82, 2.24) is 15.6 Å². The summed E-state index contributed by atoms with van der Waals surface area (Å²) in [5.41, 5.74) is 1.09. The second-order valence-corrected chi connectivity index (χ2v) is 5.22. The van der Waals surface area contributed by atoms with E-state index in [1.807, 2.05) is 0 Å². The number of amides is 1. The van der Waals surface area contributed by atoms with Gasteiger partial charge in [0.05, 0.1) is 16.7 Å². The lowest BCUT2D eigenvalue weighted by Gasteiger charge is -2.10. The molecule has 5 heteroatoms. The number of carbonyl (C=O) groups is 1. The van der Waals surface area contributed by atoms with Crippen LogP contribution in [0.5, 0.6) is 0 Å². The Bertz CT molecular complexity index is 372. The van der Waals surface area contributed by atoms with Gasteiger partial charge in [-0.05, 0) is 25.8 Å². The lowest BCUT2D eigenvalue weighted by Crippen LogP contribution is -2.41. The van der Waals surface area contributed by atoms with Crippen molar-refractivity contribution < 1.29 is 4.79 Å². The smallest absolute Gasteiger partial charge is 0.237 e. The highest BCUT2D eigenvalue weighted by Gasteiger charge is 2.21. The SMILES string of the molecule is CCc1nc(CCNC(=O)C2CCCN2)cs1. The molecule has 1 atom stereocenters. The monoisotopic (exact) mass is 253 g/mol. The fourth-order valence-electron chi connectivity index (χ4n) is 1.97. The van der Waals surface area contributed by atoms with Gasteiger partial charge in [0.1, 0.15) is 0 Å². The predicted molar refractivity (Wildman–Crippen MR) is 69.2 cm³/mol. The highest BCUT2D eigenvalue weighted by molar-refractivity contribution is 7.09. The van der Waals surface area contributed by atoms with Gasteiger partial charge in [-0.3, -0.25) is 4.79 Å². The third-order valence-corrected chi connectivity index (χ3v) is 4.00. The molecule has 1 unspecified atom stereocenters. The van der Waals surface area contributed by atoms with Crippen LogP contribution in [0.1, 0.15) is 30.5 Å². The number of aryl methyl sites for hydroxylation is 1. The number of rotatable bonds is 5. The number of carbonyl (C=O) groups excluding carboxylic acids is 1. The second-order valence-electron chi connectivity index (χ2n) is 4.28. The molecule has 4 nitrogen and oxygen atoms in total. The topological polar surface area (TPSA) is 54.0 Å². The molecule has 2 N–H and O–H groups in total. The first-order valence-corrected chi connectivity index (χ1v) is 7.12. The van der Waals surface area contributed by atoms with Gasteiger partial charge in [-0.15, -0.1) is 11.3 Å². The second kappa shape index (κ2) is 6.12. The average molecular weight is 253 g/mol. The van der Waals surface area contributed by atoms with Gasteiger partial charge in [0, 0.05) is 18.3 Å². The standard InChI is InChI=1S/C12H19N3OS/c1-2-11-15-9(8-17-11)5-7-14-12(16)10-4-3-6-13-10/h8,10,13H,2-7H2,1H3,(H,14,16). The summed E-state index contributed by atoms with van der Waals surface area (Å²) in [6, 6.07) is 0.0247. The molecule has 2 heterocycles. The zero-order valence-corrected chi connectivity index (χ0v) is 11.0. The van der Waals surface area contributed by atoms with Gasteiger partial charge in [0.2, 0.25) is 5.91 Å². The highest BCUT2D eigenvalue weighted by atomic mass is 32.1. The van der Waals surface area contributed by atoms with Crippen LogP contribution < -0.4 is 10.6 Å². The van der Waals surface area contributed by atoms with Crippen molar-refractivity contribution in [2.24, 2.45) is 0 Å². The molecule has 17 heavy (non-hydrogen) atoms. The summed E-state index contributed by atoms with van der Waals surface area (Å²) < 4.78 is 0. The van der Waals surface area contributed by atoms with Crippen molar-refractivity contribution in [3.05, 3.63) is 16.1 Å². The maximum absolute atomic E-state index is 11.7. The van der Waals surface area contributed by atoms with E-state index in [0.717, 1.165) is 37.9 Å². The Morgan fingerprint density at radius 2 is 2.59 bits per heavy atom. The van der Waals surface area contributed by atoms with Crippen LogP contribution in [-0.2, 0) is 17.6 Å². The normalized spacial score (nSPS) is 19.5. The van der Waals surface area contributed by atoms with Gasteiger partial charge in [0.15, 0.2) is 0 Å². The third kappa shape index (κ3) is 3.51. The minimum Gasteiger partial charge on any atom is -0.354 e. The molecule has 0 aromatic carbocycles. The highest BCUT2D eigenvalue weighted by Crippen LogP contribution is 2.10. The molecular weight excluding hydrogens is 234 g/mol. The Hall–Kier alpha value is -0.940. The van der Waals surface area contributed by atoms with E-state index in [4.69, 9.17) is 0 Å². The van der Waals surface area contributed by atoms with E-state index in [1.54, 1.807) is 11.3 Å². The van der Waals surface area contributed by atoms with Gasteiger partial charge in [-0.2, -0.15) is 0 Å². The summed E-state index contributed by atoms with van der Waals surface area (Å²) in [6.07, 6.45) is 3.88. The molecule has 0 bridgehead atoms. The minimum atomic E-state index is 0.0247. The van der Waals surface area contributed by atoms with Crippen molar-refractivity contribution in [2.45, 2.75) is 38.6 Å². The van der Waals surface area contributed by atoms with Crippen molar-refractivity contribution in [1.29, 1.82) is 0 Å². The first kappa shape index (κ1) is 12.5. The Kier molecular flexibility index (Phi) is 4.50. The summed E-state index contributed by atoms with van der Waals surface area (Å²) in [5.74, 6) is 0.133. The van der Waals surface area contributed by atoms with Crippen LogP contribution in [0.2, 0.25) is 0 Å². The van der Waals surface area contributed by atoms with E-state index >= 15 is 0 Å². The van der Waals surface area contributed by atoms with Crippen molar-refractivity contribution >= 4 is 17.2 Å². The summed E-state index contributed by atoms with van der Waals surface area (Å²) in [6.45, 7) is 3.75. The summed E-state index contributed by atoms with van der Waals surface area (Å²) in [7, 11) is 0. The molecule has 1 aliphatic rings. The zero-order valence-electron chi connectivity index (χ0n) is 10.2. The number of aromatic nitrogens is 1. The van der Waals surface area contributed by atoms with Crippen LogP contribution in [0.4, 0.5) is 0 Å². The number of thiazole rings is 1. The van der Waals surface area contributed by atoms with Gasteiger partial charge in [-0.25, -0.2) is 4.98 Å². The van der Waals surface area contributed by atoms with Crippen molar-refractivity contribution in [3.63, 3.8) is 0 Å². The molecule has 1 fully saturated rings. The Labute approximate surface area is 106 Å². The molecule has 2 rings (SSSR count). The number of nitrogens with one attached hydrogen (secondary N) is 2. The molecule has 1 saturated heterocycles. The maximum atomic E-state index is 11.7. The Balaban J connectivity index is 1.69. The van der Waals surface area contributed by atoms with E-state index in [9.17, 15) is 4.79 Å². The van der Waals surface area contributed by atoms with E-state index in [1.165, 1.54) is 5.01 Å². The molecule has 1 aromatic rings. The molecule has 0 aliphatic carbocycles. The Morgan fingerprint density at radius 3 is 3.24 bits per heavy atom. The van der Waals surface area contributed by atoms with E-state index in [-0.39, 0.29) is 11.9 Å².